The van der Waals surface area contributed by atoms with Gasteiger partial charge in [0.25, 0.3) is 0 Å². The highest BCUT2D eigenvalue weighted by molar-refractivity contribution is 7.89. The van der Waals surface area contributed by atoms with Crippen molar-refractivity contribution in [2.24, 2.45) is 11.8 Å². The second-order valence-electron chi connectivity index (χ2n) is 11.6. The molecule has 39 heavy (non-hydrogen) atoms. The van der Waals surface area contributed by atoms with Gasteiger partial charge in [0, 0.05) is 38.1 Å². The van der Waals surface area contributed by atoms with Crippen LogP contribution in [0, 0.1) is 11.8 Å². The highest BCUT2D eigenvalue weighted by Crippen LogP contribution is 2.29. The molecule has 1 saturated heterocycles. The first-order valence-electron chi connectivity index (χ1n) is 15.0. The van der Waals surface area contributed by atoms with E-state index in [1.807, 2.05) is 34.1 Å². The SMILES string of the molecule is CCS(=O)(=O)N(CC(=O)N(Cc1ccc(OC)cc1)C1CCN(C(=O)C2CCCC2)CC1)CC1CCCCC1. The molecule has 0 bridgehead atoms. The summed E-state index contributed by atoms with van der Waals surface area (Å²) >= 11 is 0. The van der Waals surface area contributed by atoms with Gasteiger partial charge in [-0.15, -0.1) is 0 Å². The number of sulfonamides is 1. The highest BCUT2D eigenvalue weighted by atomic mass is 32.2. The summed E-state index contributed by atoms with van der Waals surface area (Å²) in [5.41, 5.74) is 0.978. The number of carbonyl (C=O) groups is 2. The molecule has 0 unspecified atom stereocenters. The summed E-state index contributed by atoms with van der Waals surface area (Å²) in [6.07, 6.45) is 11.2. The molecular weight excluding hydrogens is 514 g/mol. The van der Waals surface area contributed by atoms with Crippen LogP contribution in [0.1, 0.15) is 83.1 Å². The van der Waals surface area contributed by atoms with E-state index in [1.54, 1.807) is 14.0 Å². The molecule has 0 aromatic heterocycles. The number of methoxy groups -OCH3 is 1. The zero-order chi connectivity index (χ0) is 27.8. The second kappa shape index (κ2) is 14.0. The van der Waals surface area contributed by atoms with Gasteiger partial charge in [-0.3, -0.25) is 9.59 Å². The van der Waals surface area contributed by atoms with Crippen LogP contribution in [0.3, 0.4) is 0 Å². The standard InChI is InChI=1S/C30H47N3O5S/c1-3-39(36,37)32(21-24-9-5-4-6-10-24)23-29(34)33(22-25-13-15-28(38-2)16-14-25)27-17-19-31(20-18-27)30(35)26-11-7-8-12-26/h13-16,24,26-27H,3-12,17-23H2,1-2H3. The van der Waals surface area contributed by atoms with E-state index in [9.17, 15) is 18.0 Å². The number of likely N-dealkylation sites (tertiary alicyclic amines) is 1. The van der Waals surface area contributed by atoms with Crippen LogP contribution >= 0.6 is 0 Å². The molecule has 9 heteroatoms. The molecule has 1 aliphatic heterocycles. The van der Waals surface area contributed by atoms with E-state index in [0.29, 0.717) is 44.9 Å². The molecule has 0 radical (unpaired) electrons. The summed E-state index contributed by atoms with van der Waals surface area (Å²) in [7, 11) is -1.89. The Morgan fingerprint density at radius 1 is 0.923 bits per heavy atom. The molecule has 1 aromatic rings. The van der Waals surface area contributed by atoms with Gasteiger partial charge < -0.3 is 14.5 Å². The summed E-state index contributed by atoms with van der Waals surface area (Å²) in [4.78, 5) is 30.8. The Balaban J connectivity index is 1.48. The lowest BCUT2D eigenvalue weighted by Crippen LogP contribution is -2.52. The Morgan fingerprint density at radius 3 is 2.13 bits per heavy atom. The van der Waals surface area contributed by atoms with Gasteiger partial charge in [-0.1, -0.05) is 44.2 Å². The first-order valence-corrected chi connectivity index (χ1v) is 16.6. The topological polar surface area (TPSA) is 87.2 Å². The Bertz CT molecular complexity index is 1040. The molecule has 2 aliphatic carbocycles. The lowest BCUT2D eigenvalue weighted by atomic mass is 9.89. The minimum Gasteiger partial charge on any atom is -0.497 e. The molecule has 2 saturated carbocycles. The maximum Gasteiger partial charge on any atom is 0.238 e. The summed E-state index contributed by atoms with van der Waals surface area (Å²) in [6.45, 7) is 3.65. The van der Waals surface area contributed by atoms with E-state index in [-0.39, 0.29) is 36.1 Å². The number of amides is 2. The molecule has 4 rings (SSSR count). The minimum absolute atomic E-state index is 0.00680. The monoisotopic (exact) mass is 561 g/mol. The van der Waals surface area contributed by atoms with Gasteiger partial charge in [0.15, 0.2) is 0 Å². The third-order valence-corrected chi connectivity index (χ3v) is 10.8. The normalized spacial score (nSPS) is 19.9. The van der Waals surface area contributed by atoms with Crippen molar-refractivity contribution >= 4 is 21.8 Å². The lowest BCUT2D eigenvalue weighted by Gasteiger charge is -2.40. The van der Waals surface area contributed by atoms with Crippen LogP contribution in [0.25, 0.3) is 0 Å². The Kier molecular flexibility index (Phi) is 10.7. The highest BCUT2D eigenvalue weighted by Gasteiger charge is 2.35. The van der Waals surface area contributed by atoms with Crippen LogP contribution in [-0.4, -0.2) is 79.4 Å². The molecular formula is C30H47N3O5S. The molecule has 1 aromatic carbocycles. The molecule has 218 valence electrons. The number of ether oxygens (including phenoxy) is 1. The molecule has 0 spiro atoms. The van der Waals surface area contributed by atoms with Crippen LogP contribution in [0.15, 0.2) is 24.3 Å². The summed E-state index contributed by atoms with van der Waals surface area (Å²) in [5.74, 6) is 1.33. The zero-order valence-electron chi connectivity index (χ0n) is 23.9. The van der Waals surface area contributed by atoms with Crippen LogP contribution in [-0.2, 0) is 26.2 Å². The van der Waals surface area contributed by atoms with Gasteiger partial charge in [-0.05, 0) is 69.1 Å². The Hall–Kier alpha value is -2.13. The smallest absolute Gasteiger partial charge is 0.238 e. The fourth-order valence-electron chi connectivity index (χ4n) is 6.54. The quantitative estimate of drug-likeness (QED) is 0.399. The molecule has 8 nitrogen and oxygen atoms in total. The van der Waals surface area contributed by atoms with Crippen LogP contribution < -0.4 is 4.74 Å². The van der Waals surface area contributed by atoms with E-state index in [0.717, 1.165) is 62.7 Å². The fraction of sp³-hybridized carbons (Fsp3) is 0.733. The predicted molar refractivity (Wildman–Crippen MR) is 153 cm³/mol. The van der Waals surface area contributed by atoms with Gasteiger partial charge in [0.2, 0.25) is 21.8 Å². The van der Waals surface area contributed by atoms with Gasteiger partial charge in [-0.2, -0.15) is 4.31 Å². The number of benzene rings is 1. The molecule has 0 N–H and O–H groups in total. The van der Waals surface area contributed by atoms with Gasteiger partial charge in [0.1, 0.15) is 5.75 Å². The summed E-state index contributed by atoms with van der Waals surface area (Å²) < 4.78 is 32.9. The number of piperidine rings is 1. The van der Waals surface area contributed by atoms with Crippen molar-refractivity contribution in [2.45, 2.75) is 90.1 Å². The molecule has 1 heterocycles. The van der Waals surface area contributed by atoms with Crippen molar-refractivity contribution in [1.82, 2.24) is 14.1 Å². The zero-order valence-corrected chi connectivity index (χ0v) is 24.7. The van der Waals surface area contributed by atoms with Crippen molar-refractivity contribution in [2.75, 3.05) is 39.0 Å². The van der Waals surface area contributed by atoms with E-state index < -0.39 is 10.0 Å². The molecule has 0 atom stereocenters. The fourth-order valence-corrected chi connectivity index (χ4v) is 7.65. The van der Waals surface area contributed by atoms with Gasteiger partial charge in [0.05, 0.1) is 19.4 Å². The summed E-state index contributed by atoms with van der Waals surface area (Å²) in [5, 5.41) is 0. The van der Waals surface area contributed by atoms with E-state index in [1.165, 1.54) is 10.7 Å². The average Bonchev–Trinajstić information content (AvgIpc) is 3.51. The van der Waals surface area contributed by atoms with Crippen LogP contribution in [0.5, 0.6) is 5.75 Å². The largest absolute Gasteiger partial charge is 0.497 e. The van der Waals surface area contributed by atoms with Crippen LogP contribution in [0.4, 0.5) is 0 Å². The third kappa shape index (κ3) is 7.97. The maximum atomic E-state index is 13.9. The number of rotatable bonds is 11. The van der Waals surface area contributed by atoms with Crippen molar-refractivity contribution in [3.8, 4) is 5.75 Å². The first-order chi connectivity index (χ1) is 18.8. The van der Waals surface area contributed by atoms with E-state index in [4.69, 9.17) is 4.74 Å². The van der Waals surface area contributed by atoms with Crippen molar-refractivity contribution in [1.29, 1.82) is 0 Å². The number of carbonyl (C=O) groups excluding carboxylic acids is 2. The number of nitrogens with zero attached hydrogens (tertiary/aromatic N) is 3. The first kappa shape index (κ1) is 29.8. The van der Waals surface area contributed by atoms with Crippen LogP contribution in [0.2, 0.25) is 0 Å². The molecule has 3 fully saturated rings. The van der Waals surface area contributed by atoms with Gasteiger partial charge >= 0.3 is 0 Å². The Labute approximate surface area is 235 Å². The predicted octanol–water partition coefficient (Wildman–Crippen LogP) is 4.44. The number of hydrogen-bond acceptors (Lipinski definition) is 5. The Morgan fingerprint density at radius 2 is 1.54 bits per heavy atom. The van der Waals surface area contributed by atoms with E-state index >= 15 is 0 Å². The summed E-state index contributed by atoms with van der Waals surface area (Å²) in [6, 6.07) is 7.66. The van der Waals surface area contributed by atoms with E-state index in [2.05, 4.69) is 0 Å². The number of hydrogen-bond donors (Lipinski definition) is 0. The van der Waals surface area contributed by atoms with Crippen molar-refractivity contribution < 1.29 is 22.7 Å². The third-order valence-electron chi connectivity index (χ3n) is 9.01. The lowest BCUT2D eigenvalue weighted by molar-refractivity contribution is -0.139. The maximum absolute atomic E-state index is 13.9. The second-order valence-corrected chi connectivity index (χ2v) is 13.9. The van der Waals surface area contributed by atoms with Gasteiger partial charge in [-0.25, -0.2) is 8.42 Å². The van der Waals surface area contributed by atoms with Crippen molar-refractivity contribution in [3.63, 3.8) is 0 Å². The molecule has 3 aliphatic rings. The molecule has 2 amide bonds. The minimum atomic E-state index is -3.51. The average molecular weight is 562 g/mol. The van der Waals surface area contributed by atoms with Crippen molar-refractivity contribution in [3.05, 3.63) is 29.8 Å².